The van der Waals surface area contributed by atoms with Crippen LogP contribution in [0.25, 0.3) is 0 Å². The molecule has 0 saturated heterocycles. The molecule has 0 radical (unpaired) electrons. The highest BCUT2D eigenvalue weighted by Crippen LogP contribution is 2.52. The van der Waals surface area contributed by atoms with E-state index in [1.54, 1.807) is 0 Å². The second-order valence-electron chi connectivity index (χ2n) is 8.03. The molecule has 0 unspecified atom stereocenters. The molecule has 0 atom stereocenters. The highest BCUT2D eigenvalue weighted by molar-refractivity contribution is 6.66. The summed E-state index contributed by atoms with van der Waals surface area (Å²) in [4.78, 5) is 0. The molecular weight excluding hydrogens is 271 g/mol. The predicted octanol–water partition coefficient (Wildman–Crippen LogP) is 4.05. The molecule has 1 heterocycles. The van der Waals surface area contributed by atoms with Crippen molar-refractivity contribution in [3.8, 4) is 0 Å². The number of rotatable bonds is 8. The predicted molar refractivity (Wildman–Crippen MR) is 94.8 cm³/mol. The fourth-order valence-corrected chi connectivity index (χ4v) is 3.35. The first-order valence-corrected chi connectivity index (χ1v) is 8.90. The normalized spacial score (nSPS) is 16.1. The smallest absolute Gasteiger partial charge is 0.327 e. The molecule has 1 saturated carbocycles. The van der Waals surface area contributed by atoms with E-state index in [0.717, 1.165) is 12.5 Å². The first-order chi connectivity index (χ1) is 10.2. The van der Waals surface area contributed by atoms with Crippen LogP contribution in [0.2, 0.25) is 6.82 Å². The van der Waals surface area contributed by atoms with E-state index in [1.807, 2.05) is 6.20 Å². The summed E-state index contributed by atoms with van der Waals surface area (Å²) in [6.07, 6.45) is 7.07. The molecule has 0 aliphatic heterocycles. The number of aryl methyl sites for hydroxylation is 1. The maximum absolute atomic E-state index is 6.54. The molecular formula is C18H33BN2O. The van der Waals surface area contributed by atoms with Gasteiger partial charge in [-0.05, 0) is 56.8 Å². The SMILES string of the molecule is CCCCn1ncc(B(C)OC(C)(C)C(C)(C)C2CC2)c1C. The first kappa shape index (κ1) is 17.6. The van der Waals surface area contributed by atoms with Crippen LogP contribution in [-0.2, 0) is 11.2 Å². The van der Waals surface area contributed by atoms with Gasteiger partial charge in [-0.1, -0.05) is 34.0 Å². The zero-order valence-electron chi connectivity index (χ0n) is 15.6. The molecule has 4 heteroatoms. The van der Waals surface area contributed by atoms with Gasteiger partial charge in [-0.25, -0.2) is 0 Å². The molecule has 124 valence electrons. The van der Waals surface area contributed by atoms with Crippen molar-refractivity contribution in [1.29, 1.82) is 0 Å². The van der Waals surface area contributed by atoms with Crippen molar-refractivity contribution in [2.24, 2.45) is 11.3 Å². The second-order valence-corrected chi connectivity index (χ2v) is 8.03. The van der Waals surface area contributed by atoms with Crippen LogP contribution in [0.1, 0.15) is 66.0 Å². The van der Waals surface area contributed by atoms with E-state index >= 15 is 0 Å². The Morgan fingerprint density at radius 3 is 2.50 bits per heavy atom. The third-order valence-electron chi connectivity index (χ3n) is 5.92. The van der Waals surface area contributed by atoms with Crippen molar-refractivity contribution in [3.63, 3.8) is 0 Å². The van der Waals surface area contributed by atoms with Crippen molar-refractivity contribution < 1.29 is 4.65 Å². The van der Waals surface area contributed by atoms with Gasteiger partial charge in [0, 0.05) is 18.4 Å². The summed E-state index contributed by atoms with van der Waals surface area (Å²) in [7, 11) is 0. The van der Waals surface area contributed by atoms with Crippen molar-refractivity contribution in [2.75, 3.05) is 0 Å². The van der Waals surface area contributed by atoms with Crippen LogP contribution >= 0.6 is 0 Å². The van der Waals surface area contributed by atoms with E-state index in [1.165, 1.54) is 36.8 Å². The molecule has 1 aliphatic carbocycles. The van der Waals surface area contributed by atoms with E-state index < -0.39 is 0 Å². The second kappa shape index (κ2) is 6.39. The number of hydrogen-bond donors (Lipinski definition) is 0. The zero-order valence-corrected chi connectivity index (χ0v) is 15.6. The summed E-state index contributed by atoms with van der Waals surface area (Å²) >= 11 is 0. The van der Waals surface area contributed by atoms with Gasteiger partial charge in [-0.15, -0.1) is 0 Å². The number of nitrogens with zero attached hydrogens (tertiary/aromatic N) is 2. The van der Waals surface area contributed by atoms with Crippen LogP contribution in [0.15, 0.2) is 6.20 Å². The van der Waals surface area contributed by atoms with Gasteiger partial charge in [0.05, 0.1) is 5.60 Å². The molecule has 2 rings (SSSR count). The monoisotopic (exact) mass is 304 g/mol. The van der Waals surface area contributed by atoms with Gasteiger partial charge in [0.2, 0.25) is 0 Å². The molecule has 22 heavy (non-hydrogen) atoms. The van der Waals surface area contributed by atoms with Gasteiger partial charge in [0.15, 0.2) is 0 Å². The lowest BCUT2D eigenvalue weighted by atomic mass is 9.61. The molecule has 0 N–H and O–H groups in total. The summed E-state index contributed by atoms with van der Waals surface area (Å²) in [5.74, 6) is 0.808. The summed E-state index contributed by atoms with van der Waals surface area (Å²) in [5.41, 5.74) is 2.57. The van der Waals surface area contributed by atoms with Crippen molar-refractivity contribution in [1.82, 2.24) is 9.78 Å². The van der Waals surface area contributed by atoms with Crippen molar-refractivity contribution >= 4 is 12.4 Å². The molecule has 1 fully saturated rings. The summed E-state index contributed by atoms with van der Waals surface area (Å²) < 4.78 is 8.66. The summed E-state index contributed by atoms with van der Waals surface area (Å²) in [6, 6.07) is 0. The maximum atomic E-state index is 6.54. The van der Waals surface area contributed by atoms with Gasteiger partial charge < -0.3 is 4.65 Å². The Hall–Kier alpha value is -0.765. The average molecular weight is 304 g/mol. The maximum Gasteiger partial charge on any atom is 0.327 e. The van der Waals surface area contributed by atoms with Gasteiger partial charge in [-0.2, -0.15) is 5.10 Å². The number of aromatic nitrogens is 2. The Morgan fingerprint density at radius 1 is 1.32 bits per heavy atom. The van der Waals surface area contributed by atoms with Crippen LogP contribution in [0.5, 0.6) is 0 Å². The molecule has 0 amide bonds. The van der Waals surface area contributed by atoms with E-state index in [2.05, 4.69) is 58.1 Å². The lowest BCUT2D eigenvalue weighted by Crippen LogP contribution is -2.49. The minimum atomic E-state index is -0.133. The molecule has 1 aromatic rings. The van der Waals surface area contributed by atoms with Crippen LogP contribution in [0, 0.1) is 18.3 Å². The van der Waals surface area contributed by atoms with E-state index in [0.29, 0.717) is 0 Å². The molecule has 0 aromatic carbocycles. The minimum absolute atomic E-state index is 0.0865. The fourth-order valence-electron chi connectivity index (χ4n) is 3.35. The van der Waals surface area contributed by atoms with E-state index in [4.69, 9.17) is 4.65 Å². The minimum Gasteiger partial charge on any atom is -0.426 e. The third kappa shape index (κ3) is 3.42. The molecule has 0 bridgehead atoms. The summed E-state index contributed by atoms with van der Waals surface area (Å²) in [6.45, 7) is 16.8. The van der Waals surface area contributed by atoms with Gasteiger partial charge in [0.25, 0.3) is 0 Å². The number of unbranched alkanes of at least 4 members (excludes halogenated alkanes) is 1. The van der Waals surface area contributed by atoms with Gasteiger partial charge >= 0.3 is 6.92 Å². The molecule has 0 spiro atoms. The topological polar surface area (TPSA) is 27.1 Å². The Morgan fingerprint density at radius 2 is 1.95 bits per heavy atom. The average Bonchev–Trinajstić information content (AvgIpc) is 3.21. The Kier molecular flexibility index (Phi) is 5.11. The summed E-state index contributed by atoms with van der Waals surface area (Å²) in [5, 5.41) is 4.55. The highest BCUT2D eigenvalue weighted by atomic mass is 16.5. The Labute approximate surface area is 136 Å². The van der Waals surface area contributed by atoms with Crippen LogP contribution in [0.3, 0.4) is 0 Å². The van der Waals surface area contributed by atoms with Gasteiger partial charge in [-0.3, -0.25) is 4.68 Å². The van der Waals surface area contributed by atoms with Crippen LogP contribution in [-0.4, -0.2) is 22.3 Å². The fraction of sp³-hybridized carbons (Fsp3) is 0.833. The van der Waals surface area contributed by atoms with Crippen LogP contribution in [0.4, 0.5) is 0 Å². The standard InChI is InChI=1S/C18H33BN2O/c1-8-9-12-21-14(2)16(13-20-21)19(7)22-18(5,6)17(3,4)15-10-11-15/h13,15H,8-12H2,1-7H3. The van der Waals surface area contributed by atoms with Crippen molar-refractivity contribution in [2.45, 2.75) is 86.2 Å². The third-order valence-corrected chi connectivity index (χ3v) is 5.92. The molecule has 1 aromatic heterocycles. The molecule has 3 nitrogen and oxygen atoms in total. The Balaban J connectivity index is 2.08. The van der Waals surface area contributed by atoms with E-state index in [-0.39, 0.29) is 17.9 Å². The first-order valence-electron chi connectivity index (χ1n) is 8.90. The van der Waals surface area contributed by atoms with Gasteiger partial charge in [0.1, 0.15) is 0 Å². The van der Waals surface area contributed by atoms with Crippen LogP contribution < -0.4 is 5.46 Å². The largest absolute Gasteiger partial charge is 0.426 e. The zero-order chi connectivity index (χ0) is 16.5. The molecule has 1 aliphatic rings. The van der Waals surface area contributed by atoms with E-state index in [9.17, 15) is 0 Å². The Bertz CT molecular complexity index is 503. The lowest BCUT2D eigenvalue weighted by Gasteiger charge is -2.43. The lowest BCUT2D eigenvalue weighted by molar-refractivity contribution is -0.0254. The number of hydrogen-bond acceptors (Lipinski definition) is 2. The quantitative estimate of drug-likeness (QED) is 0.677. The highest BCUT2D eigenvalue weighted by Gasteiger charge is 2.49. The van der Waals surface area contributed by atoms with Crippen molar-refractivity contribution in [3.05, 3.63) is 11.9 Å².